The zero-order valence-corrected chi connectivity index (χ0v) is 8.47. The van der Waals surface area contributed by atoms with Crippen molar-refractivity contribution in [2.24, 2.45) is 0 Å². The van der Waals surface area contributed by atoms with Crippen LogP contribution in [0, 0.1) is 19.5 Å². The third-order valence-corrected chi connectivity index (χ3v) is 2.71. The number of benzene rings is 1. The third kappa shape index (κ3) is 1.84. The molecule has 0 spiro atoms. The second kappa shape index (κ2) is 3.53. The van der Waals surface area contributed by atoms with Crippen LogP contribution in [0.5, 0.6) is 0 Å². The van der Waals surface area contributed by atoms with E-state index in [1.807, 2.05) is 0 Å². The molecule has 3 nitrogen and oxygen atoms in total. The van der Waals surface area contributed by atoms with E-state index in [-0.39, 0.29) is 5.02 Å². The average Bonchev–Trinajstić information content (AvgIpc) is 1.96. The van der Waals surface area contributed by atoms with Crippen LogP contribution < -0.4 is 0 Å². The Hall–Kier alpha value is -0.430. The topological polar surface area (TPSA) is 43.1 Å². The van der Waals surface area contributed by atoms with E-state index in [1.54, 1.807) is 22.6 Å². The van der Waals surface area contributed by atoms with Crippen LogP contribution >= 0.6 is 34.2 Å². The number of nitro groups is 1. The van der Waals surface area contributed by atoms with E-state index >= 15 is 0 Å². The zero-order chi connectivity index (χ0) is 9.30. The van der Waals surface area contributed by atoms with Gasteiger partial charge in [-0.25, -0.2) is 0 Å². The molecule has 0 aliphatic carbocycles. The molecule has 1 aromatic carbocycles. The quantitative estimate of drug-likeness (QED) is 0.346. The van der Waals surface area contributed by atoms with Gasteiger partial charge in [0.05, 0.1) is 9.95 Å². The van der Waals surface area contributed by atoms with Crippen molar-refractivity contribution in [2.45, 2.75) is 0 Å². The number of halogens is 3. The smallest absolute Gasteiger partial charge is 0.258 e. The van der Waals surface area contributed by atoms with Crippen molar-refractivity contribution in [1.82, 2.24) is 0 Å². The Morgan fingerprint density at radius 1 is 1.58 bits per heavy atom. The Morgan fingerprint density at radius 2 is 2.17 bits per heavy atom. The van der Waals surface area contributed by atoms with Gasteiger partial charge < -0.3 is 0 Å². The van der Waals surface area contributed by atoms with Gasteiger partial charge >= 0.3 is 5.69 Å². The molecule has 1 rings (SSSR count). The van der Waals surface area contributed by atoms with Crippen LogP contribution in [-0.4, -0.2) is 4.92 Å². The van der Waals surface area contributed by atoms with Gasteiger partial charge in [-0.1, -0.05) is 11.6 Å². The lowest BCUT2D eigenvalue weighted by molar-refractivity contribution is -0.387. The van der Waals surface area contributed by atoms with Crippen molar-refractivity contribution in [3.05, 3.63) is 36.7 Å². The van der Waals surface area contributed by atoms with E-state index in [1.165, 1.54) is 0 Å². The van der Waals surface area contributed by atoms with E-state index < -0.39 is 16.4 Å². The van der Waals surface area contributed by atoms with Crippen LogP contribution in [0.1, 0.15) is 0 Å². The molecule has 1 aromatic rings. The van der Waals surface area contributed by atoms with Crippen molar-refractivity contribution >= 4 is 39.9 Å². The lowest BCUT2D eigenvalue weighted by Crippen LogP contribution is -1.93. The minimum absolute atomic E-state index is 0.184. The largest absolute Gasteiger partial charge is 0.306 e. The first-order valence-electron chi connectivity index (χ1n) is 2.81. The summed E-state index contributed by atoms with van der Waals surface area (Å²) >= 11 is 7.35. The van der Waals surface area contributed by atoms with Gasteiger partial charge in [0.2, 0.25) is 5.82 Å². The summed E-state index contributed by atoms with van der Waals surface area (Å²) in [5, 5.41) is 10.4. The fourth-order valence-electron chi connectivity index (χ4n) is 0.652. The second-order valence-electron chi connectivity index (χ2n) is 1.97. The number of hydrogen-bond acceptors (Lipinski definition) is 2. The first kappa shape index (κ1) is 9.66. The van der Waals surface area contributed by atoms with Gasteiger partial charge in [0.1, 0.15) is 0 Å². The van der Waals surface area contributed by atoms with Gasteiger partial charge in [0.25, 0.3) is 0 Å². The summed E-state index contributed by atoms with van der Waals surface area (Å²) in [4.78, 5) is 9.38. The summed E-state index contributed by atoms with van der Waals surface area (Å²) in [7, 11) is 0. The molecular weight excluding hydrogens is 299 g/mol. The van der Waals surface area contributed by atoms with E-state index in [9.17, 15) is 14.5 Å². The van der Waals surface area contributed by atoms with Crippen molar-refractivity contribution in [1.29, 1.82) is 0 Å². The zero-order valence-electron chi connectivity index (χ0n) is 5.55. The highest BCUT2D eigenvalue weighted by Gasteiger charge is 2.15. The maximum atomic E-state index is 12.8. The van der Waals surface area contributed by atoms with Crippen molar-refractivity contribution in [3.63, 3.8) is 0 Å². The Bertz CT molecular complexity index is 345. The van der Waals surface area contributed by atoms with Crippen LogP contribution in [0.15, 0.2) is 12.1 Å². The molecule has 0 aromatic heterocycles. The fourth-order valence-corrected chi connectivity index (χ4v) is 1.24. The molecular formula is C6H2ClFINO2. The molecule has 0 heterocycles. The predicted octanol–water partition coefficient (Wildman–Crippen LogP) is 2.99. The molecule has 6 heteroatoms. The molecule has 0 saturated heterocycles. The minimum Gasteiger partial charge on any atom is -0.258 e. The molecule has 0 N–H and O–H groups in total. The van der Waals surface area contributed by atoms with Crippen molar-refractivity contribution in [2.75, 3.05) is 0 Å². The third-order valence-electron chi connectivity index (χ3n) is 1.19. The highest BCUT2D eigenvalue weighted by molar-refractivity contribution is 14.1. The number of nitrogens with zero attached hydrogens (tertiary/aromatic N) is 1. The Kier molecular flexibility index (Phi) is 2.84. The lowest BCUT2D eigenvalue weighted by atomic mass is 10.3. The Labute approximate surface area is 85.8 Å². The van der Waals surface area contributed by atoms with Crippen LogP contribution in [0.25, 0.3) is 0 Å². The van der Waals surface area contributed by atoms with Crippen LogP contribution in [0.3, 0.4) is 0 Å². The number of rotatable bonds is 1. The van der Waals surface area contributed by atoms with E-state index in [4.69, 9.17) is 11.6 Å². The molecule has 0 saturated carbocycles. The molecule has 0 amide bonds. The maximum absolute atomic E-state index is 12.8. The molecule has 64 valence electrons. The highest BCUT2D eigenvalue weighted by atomic mass is 127. The highest BCUT2D eigenvalue weighted by Crippen LogP contribution is 2.26. The van der Waals surface area contributed by atoms with Gasteiger partial charge in [0.15, 0.2) is 0 Å². The van der Waals surface area contributed by atoms with E-state index in [0.29, 0.717) is 3.57 Å². The van der Waals surface area contributed by atoms with Gasteiger partial charge in [-0.05, 0) is 28.7 Å². The molecule has 0 atom stereocenters. The summed E-state index contributed by atoms with van der Waals surface area (Å²) < 4.78 is 13.2. The van der Waals surface area contributed by atoms with E-state index in [2.05, 4.69) is 0 Å². The van der Waals surface area contributed by atoms with Gasteiger partial charge in [-0.2, -0.15) is 4.39 Å². The monoisotopic (exact) mass is 301 g/mol. The number of nitro benzene ring substituents is 1. The molecule has 0 fully saturated rings. The summed E-state index contributed by atoms with van der Waals surface area (Å²) in [5.41, 5.74) is -0.597. The Morgan fingerprint density at radius 3 is 2.67 bits per heavy atom. The van der Waals surface area contributed by atoms with Gasteiger partial charge in [0, 0.05) is 9.64 Å². The average molecular weight is 301 g/mol. The maximum Gasteiger partial charge on any atom is 0.306 e. The summed E-state index contributed by atoms with van der Waals surface area (Å²) in [6, 6.07) is 2.03. The van der Waals surface area contributed by atoms with Crippen LogP contribution in [-0.2, 0) is 0 Å². The second-order valence-corrected chi connectivity index (χ2v) is 3.54. The Balaban J connectivity index is 3.33. The minimum atomic E-state index is -0.867. The first-order valence-corrected chi connectivity index (χ1v) is 4.27. The molecule has 0 unspecified atom stereocenters. The molecule has 0 radical (unpaired) electrons. The van der Waals surface area contributed by atoms with Gasteiger partial charge in [-0.3, -0.25) is 10.1 Å². The first-order chi connectivity index (χ1) is 5.52. The fraction of sp³-hybridized carbons (Fsp3) is 0. The summed E-state index contributed by atoms with van der Waals surface area (Å²) in [6.07, 6.45) is 0. The van der Waals surface area contributed by atoms with Crippen LogP contribution in [0.2, 0.25) is 5.02 Å². The molecule has 0 aliphatic rings. The molecule has 0 bridgehead atoms. The van der Waals surface area contributed by atoms with Crippen LogP contribution in [0.4, 0.5) is 10.1 Å². The number of hydrogen-bond donors (Lipinski definition) is 0. The van der Waals surface area contributed by atoms with Crippen molar-refractivity contribution < 1.29 is 9.31 Å². The van der Waals surface area contributed by atoms with Crippen molar-refractivity contribution in [3.8, 4) is 0 Å². The lowest BCUT2D eigenvalue weighted by Gasteiger charge is -1.96. The predicted molar refractivity (Wildman–Crippen MR) is 50.8 cm³/mol. The molecule has 12 heavy (non-hydrogen) atoms. The molecule has 0 aliphatic heterocycles. The SMILES string of the molecule is O=[N+]([O-])c1cc(Cl)c(I)cc1F. The summed E-state index contributed by atoms with van der Waals surface area (Å²) in [5.74, 6) is -0.867. The normalized spacial score (nSPS) is 9.92. The van der Waals surface area contributed by atoms with E-state index in [0.717, 1.165) is 12.1 Å². The van der Waals surface area contributed by atoms with Gasteiger partial charge in [-0.15, -0.1) is 0 Å². The standard InChI is InChI=1S/C6H2ClFINO2/c7-3-1-6(10(11)12)4(8)2-5(3)9/h1-2H. The summed E-state index contributed by atoms with van der Waals surface area (Å²) in [6.45, 7) is 0.